The molecule has 1 heterocycles. The first-order chi connectivity index (χ1) is 7.08. The van der Waals surface area contributed by atoms with E-state index in [0.29, 0.717) is 24.1 Å². The van der Waals surface area contributed by atoms with Crippen molar-refractivity contribution in [1.29, 1.82) is 0 Å². The Hall–Kier alpha value is -1.78. The smallest absolute Gasteiger partial charge is 0.407 e. The first-order valence-electron chi connectivity index (χ1n) is 4.56. The number of carboxylic acid groups (broad SMARTS) is 1. The minimum Gasteiger partial charge on any atom is -0.507 e. The van der Waals surface area contributed by atoms with E-state index < -0.39 is 11.9 Å². The number of phenolic OH excluding ortho intramolecular Hbond substituents is 1. The molecule has 0 atom stereocenters. The molecule has 0 saturated heterocycles. The number of phenols is 1. The fraction of sp³-hybridized carbons (Fsp3) is 0.300. The van der Waals surface area contributed by atoms with Crippen molar-refractivity contribution in [2.75, 3.05) is 6.54 Å². The van der Waals surface area contributed by atoms with Crippen molar-refractivity contribution in [3.8, 4) is 5.75 Å². The van der Waals surface area contributed by atoms with Crippen molar-refractivity contribution in [3.63, 3.8) is 0 Å². The van der Waals surface area contributed by atoms with Gasteiger partial charge in [0.2, 0.25) is 0 Å². The maximum absolute atomic E-state index is 12.9. The molecule has 80 valence electrons. The van der Waals surface area contributed by atoms with Gasteiger partial charge >= 0.3 is 6.09 Å². The third kappa shape index (κ3) is 1.72. The monoisotopic (exact) mass is 211 g/mol. The number of aromatic hydroxyl groups is 1. The molecule has 0 bridgehead atoms. The van der Waals surface area contributed by atoms with Crippen molar-refractivity contribution in [1.82, 2.24) is 4.90 Å². The van der Waals surface area contributed by atoms with E-state index in [4.69, 9.17) is 5.11 Å². The first-order valence-corrected chi connectivity index (χ1v) is 4.56. The molecule has 15 heavy (non-hydrogen) atoms. The van der Waals surface area contributed by atoms with Crippen LogP contribution in [0.1, 0.15) is 11.1 Å². The van der Waals surface area contributed by atoms with Gasteiger partial charge in [0.05, 0.1) is 6.54 Å². The Morgan fingerprint density at radius 1 is 1.47 bits per heavy atom. The summed E-state index contributed by atoms with van der Waals surface area (Å²) in [5.74, 6) is -0.661. The highest BCUT2D eigenvalue weighted by atomic mass is 19.1. The van der Waals surface area contributed by atoms with Gasteiger partial charge in [-0.15, -0.1) is 0 Å². The molecule has 2 N–H and O–H groups in total. The van der Waals surface area contributed by atoms with Gasteiger partial charge in [0.25, 0.3) is 0 Å². The Morgan fingerprint density at radius 2 is 2.20 bits per heavy atom. The van der Waals surface area contributed by atoms with Crippen LogP contribution in [0.2, 0.25) is 0 Å². The molecule has 5 heteroatoms. The van der Waals surface area contributed by atoms with Crippen LogP contribution < -0.4 is 0 Å². The fourth-order valence-corrected chi connectivity index (χ4v) is 1.77. The highest BCUT2D eigenvalue weighted by Gasteiger charge is 2.22. The van der Waals surface area contributed by atoms with Crippen LogP contribution in [0, 0.1) is 5.82 Å². The second kappa shape index (κ2) is 3.42. The predicted octanol–water partition coefficient (Wildman–Crippen LogP) is 1.57. The molecule has 4 nitrogen and oxygen atoms in total. The Morgan fingerprint density at radius 3 is 2.87 bits per heavy atom. The number of fused-ring (bicyclic) bond motifs is 1. The van der Waals surface area contributed by atoms with E-state index in [9.17, 15) is 14.3 Å². The van der Waals surface area contributed by atoms with Crippen LogP contribution in [0.15, 0.2) is 12.1 Å². The number of benzene rings is 1. The topological polar surface area (TPSA) is 60.8 Å². The van der Waals surface area contributed by atoms with E-state index in [2.05, 4.69) is 0 Å². The normalized spacial score (nSPS) is 14.9. The molecule has 0 saturated carbocycles. The summed E-state index contributed by atoms with van der Waals surface area (Å²) in [6.07, 6.45) is -0.586. The molecule has 1 aromatic carbocycles. The number of hydrogen-bond donors (Lipinski definition) is 2. The number of carbonyl (C=O) groups is 1. The van der Waals surface area contributed by atoms with Gasteiger partial charge in [-0.3, -0.25) is 0 Å². The lowest BCUT2D eigenvalue weighted by Crippen LogP contribution is -2.34. The van der Waals surface area contributed by atoms with Crippen molar-refractivity contribution in [2.24, 2.45) is 0 Å². The Kier molecular flexibility index (Phi) is 2.22. The zero-order valence-corrected chi connectivity index (χ0v) is 7.90. The molecule has 0 unspecified atom stereocenters. The van der Waals surface area contributed by atoms with E-state index in [1.54, 1.807) is 0 Å². The average Bonchev–Trinajstić information content (AvgIpc) is 2.16. The van der Waals surface area contributed by atoms with Gasteiger partial charge in [-0.2, -0.15) is 0 Å². The Bertz CT molecular complexity index is 419. The molecule has 0 aromatic heterocycles. The summed E-state index contributed by atoms with van der Waals surface area (Å²) >= 11 is 0. The van der Waals surface area contributed by atoms with Gasteiger partial charge in [0.1, 0.15) is 11.6 Å². The summed E-state index contributed by atoms with van der Waals surface area (Å²) in [7, 11) is 0. The number of hydrogen-bond acceptors (Lipinski definition) is 2. The van der Waals surface area contributed by atoms with Crippen LogP contribution in [0.3, 0.4) is 0 Å². The van der Waals surface area contributed by atoms with Crippen LogP contribution >= 0.6 is 0 Å². The quantitative estimate of drug-likeness (QED) is 0.684. The lowest BCUT2D eigenvalue weighted by molar-refractivity contribution is 0.139. The van der Waals surface area contributed by atoms with Crippen molar-refractivity contribution >= 4 is 6.09 Å². The molecule has 0 radical (unpaired) electrons. The molecular weight excluding hydrogens is 201 g/mol. The Labute approximate surface area is 85.6 Å². The van der Waals surface area contributed by atoms with Gasteiger partial charge in [0, 0.05) is 18.2 Å². The van der Waals surface area contributed by atoms with Crippen molar-refractivity contribution in [2.45, 2.75) is 13.0 Å². The highest BCUT2D eigenvalue weighted by Crippen LogP contribution is 2.28. The maximum Gasteiger partial charge on any atom is 0.407 e. The molecule has 0 spiro atoms. The van der Waals surface area contributed by atoms with E-state index >= 15 is 0 Å². The second-order valence-electron chi connectivity index (χ2n) is 3.52. The third-order valence-corrected chi connectivity index (χ3v) is 2.55. The predicted molar refractivity (Wildman–Crippen MR) is 50.2 cm³/mol. The SMILES string of the molecule is O=C(O)N1CCc2cc(F)cc(O)c2C1. The highest BCUT2D eigenvalue weighted by molar-refractivity contribution is 5.66. The standard InChI is InChI=1S/C10H10FNO3/c11-7-3-6-1-2-12(10(14)15)5-8(6)9(13)4-7/h3-4,13H,1-2,5H2,(H,14,15). The van der Waals surface area contributed by atoms with Crippen LogP contribution in [-0.4, -0.2) is 27.8 Å². The molecule has 2 rings (SSSR count). The number of rotatable bonds is 0. The van der Waals surface area contributed by atoms with Crippen LogP contribution in [-0.2, 0) is 13.0 Å². The lowest BCUT2D eigenvalue weighted by Gasteiger charge is -2.26. The summed E-state index contributed by atoms with van der Waals surface area (Å²) in [5, 5.41) is 18.3. The molecule has 0 aliphatic carbocycles. The van der Waals surface area contributed by atoms with Crippen LogP contribution in [0.25, 0.3) is 0 Å². The van der Waals surface area contributed by atoms with Crippen LogP contribution in [0.4, 0.5) is 9.18 Å². The Balaban J connectivity index is 2.37. The summed E-state index contributed by atoms with van der Waals surface area (Å²) in [4.78, 5) is 11.9. The van der Waals surface area contributed by atoms with Gasteiger partial charge in [-0.1, -0.05) is 0 Å². The molecular formula is C10H10FNO3. The zero-order chi connectivity index (χ0) is 11.0. The largest absolute Gasteiger partial charge is 0.507 e. The van der Waals surface area contributed by atoms with E-state index in [0.717, 1.165) is 6.07 Å². The maximum atomic E-state index is 12.9. The first kappa shape index (κ1) is 9.76. The van der Waals surface area contributed by atoms with Gasteiger partial charge in [-0.05, 0) is 18.1 Å². The minimum absolute atomic E-state index is 0.122. The lowest BCUT2D eigenvalue weighted by atomic mass is 9.99. The third-order valence-electron chi connectivity index (χ3n) is 2.55. The van der Waals surface area contributed by atoms with Crippen LogP contribution in [0.5, 0.6) is 5.75 Å². The molecule has 1 aromatic rings. The zero-order valence-electron chi connectivity index (χ0n) is 7.90. The van der Waals surface area contributed by atoms with E-state index in [-0.39, 0.29) is 12.3 Å². The van der Waals surface area contributed by atoms with Gasteiger partial charge in [-0.25, -0.2) is 9.18 Å². The van der Waals surface area contributed by atoms with E-state index in [1.165, 1.54) is 11.0 Å². The molecule has 1 amide bonds. The molecule has 1 aliphatic rings. The van der Waals surface area contributed by atoms with E-state index in [1.807, 2.05) is 0 Å². The minimum atomic E-state index is -1.02. The number of halogens is 1. The molecule has 1 aliphatic heterocycles. The van der Waals surface area contributed by atoms with Gasteiger partial charge < -0.3 is 15.1 Å². The van der Waals surface area contributed by atoms with Gasteiger partial charge in [0.15, 0.2) is 0 Å². The number of amides is 1. The average molecular weight is 211 g/mol. The van der Waals surface area contributed by atoms with Crippen molar-refractivity contribution < 1.29 is 19.4 Å². The molecule has 0 fully saturated rings. The summed E-state index contributed by atoms with van der Waals surface area (Å²) in [6, 6.07) is 2.35. The van der Waals surface area contributed by atoms with Crippen molar-refractivity contribution in [3.05, 3.63) is 29.1 Å². The number of nitrogens with zero attached hydrogens (tertiary/aromatic N) is 1. The summed E-state index contributed by atoms with van der Waals surface area (Å²) < 4.78 is 12.9. The second-order valence-corrected chi connectivity index (χ2v) is 3.52. The summed E-state index contributed by atoms with van der Waals surface area (Å²) in [5.41, 5.74) is 1.19. The fourth-order valence-electron chi connectivity index (χ4n) is 1.77. The summed E-state index contributed by atoms with van der Waals surface area (Å²) in [6.45, 7) is 0.460.